The van der Waals surface area contributed by atoms with E-state index in [2.05, 4.69) is 25.3 Å². The van der Waals surface area contributed by atoms with Crippen LogP contribution in [-0.4, -0.2) is 57.3 Å². The Labute approximate surface area is 188 Å². The second-order valence-electron chi connectivity index (χ2n) is 7.37. The highest BCUT2D eigenvalue weighted by molar-refractivity contribution is 14.0. The summed E-state index contributed by atoms with van der Waals surface area (Å²) in [5.74, 6) is 2.23. The van der Waals surface area contributed by atoms with Crippen molar-refractivity contribution in [3.8, 4) is 11.5 Å². The Morgan fingerprint density at radius 2 is 2.00 bits per heavy atom. The summed E-state index contributed by atoms with van der Waals surface area (Å²) in [6, 6.07) is 5.52. The molecule has 2 aliphatic carbocycles. The normalized spacial score (nSPS) is 16.6. The zero-order valence-corrected chi connectivity index (χ0v) is 19.3. The molecule has 0 bridgehead atoms. The van der Waals surface area contributed by atoms with Crippen LogP contribution >= 0.6 is 24.0 Å². The summed E-state index contributed by atoms with van der Waals surface area (Å²) in [6.45, 7) is 0.413. The van der Waals surface area contributed by atoms with Crippen molar-refractivity contribution >= 4 is 29.9 Å². The van der Waals surface area contributed by atoms with Gasteiger partial charge in [0.15, 0.2) is 5.96 Å². The Kier molecular flexibility index (Phi) is 9.67. The van der Waals surface area contributed by atoms with E-state index in [0.29, 0.717) is 23.8 Å². The number of halogens is 3. The van der Waals surface area contributed by atoms with Crippen molar-refractivity contribution in [1.82, 2.24) is 15.5 Å². The summed E-state index contributed by atoms with van der Waals surface area (Å²) in [7, 11) is 3.23. The number of methoxy groups -OCH3 is 1. The standard InChI is InChI=1S/C20H30F2N4O2.HI/c1-23-20(24-9-10-26(16-5-6-16)13-14-3-4-14)25-12-15-11-17(27-2)7-8-18(15)28-19(21)22;/h7-8,11,14,16,19H,3-6,9-10,12-13H2,1-2H3,(H2,23,24,25);1H. The maximum atomic E-state index is 12.6. The lowest BCUT2D eigenvalue weighted by molar-refractivity contribution is -0.0504. The minimum atomic E-state index is -2.87. The molecular weight excluding hydrogens is 493 g/mol. The van der Waals surface area contributed by atoms with Crippen LogP contribution in [-0.2, 0) is 6.54 Å². The van der Waals surface area contributed by atoms with Gasteiger partial charge in [0.05, 0.1) is 7.11 Å². The molecule has 0 amide bonds. The molecule has 3 rings (SSSR count). The molecule has 0 radical (unpaired) electrons. The number of nitrogens with zero attached hydrogens (tertiary/aromatic N) is 2. The van der Waals surface area contributed by atoms with Gasteiger partial charge in [-0.05, 0) is 49.8 Å². The largest absolute Gasteiger partial charge is 0.497 e. The van der Waals surface area contributed by atoms with Gasteiger partial charge in [-0.2, -0.15) is 8.78 Å². The lowest BCUT2D eigenvalue weighted by Gasteiger charge is -2.22. The fraction of sp³-hybridized carbons (Fsp3) is 0.650. The van der Waals surface area contributed by atoms with E-state index < -0.39 is 6.61 Å². The third-order valence-electron chi connectivity index (χ3n) is 5.10. The molecule has 2 aliphatic rings. The van der Waals surface area contributed by atoms with Crippen molar-refractivity contribution in [1.29, 1.82) is 0 Å². The fourth-order valence-electron chi connectivity index (χ4n) is 3.24. The summed E-state index contributed by atoms with van der Waals surface area (Å²) in [4.78, 5) is 6.80. The number of nitrogens with one attached hydrogen (secondary N) is 2. The number of aliphatic imine (C=N–C) groups is 1. The molecule has 0 saturated heterocycles. The molecule has 0 spiro atoms. The number of rotatable bonds is 11. The van der Waals surface area contributed by atoms with E-state index in [1.807, 2.05) is 0 Å². The number of hydrogen-bond acceptors (Lipinski definition) is 4. The summed E-state index contributed by atoms with van der Waals surface area (Å²) in [5.41, 5.74) is 0.580. The van der Waals surface area contributed by atoms with Gasteiger partial charge in [0.1, 0.15) is 11.5 Å². The predicted molar refractivity (Wildman–Crippen MR) is 121 cm³/mol. The van der Waals surface area contributed by atoms with Crippen LogP contribution in [0.5, 0.6) is 11.5 Å². The Bertz CT molecular complexity index is 670. The van der Waals surface area contributed by atoms with Gasteiger partial charge in [-0.3, -0.25) is 9.89 Å². The molecule has 2 fully saturated rings. The second kappa shape index (κ2) is 11.7. The number of benzene rings is 1. The zero-order chi connectivity index (χ0) is 19.9. The van der Waals surface area contributed by atoms with Crippen LogP contribution in [0.15, 0.2) is 23.2 Å². The molecule has 2 saturated carbocycles. The van der Waals surface area contributed by atoms with Crippen LogP contribution in [0.1, 0.15) is 31.2 Å². The first-order valence-electron chi connectivity index (χ1n) is 9.89. The summed E-state index contributed by atoms with van der Waals surface area (Å²) < 4.78 is 35.1. The molecule has 1 aromatic rings. The molecule has 2 N–H and O–H groups in total. The second-order valence-corrected chi connectivity index (χ2v) is 7.37. The van der Waals surface area contributed by atoms with E-state index >= 15 is 0 Å². The van der Waals surface area contributed by atoms with E-state index in [1.165, 1.54) is 45.4 Å². The smallest absolute Gasteiger partial charge is 0.387 e. The van der Waals surface area contributed by atoms with Crippen LogP contribution in [0.25, 0.3) is 0 Å². The van der Waals surface area contributed by atoms with Crippen molar-refractivity contribution in [2.45, 2.75) is 44.9 Å². The molecule has 0 aliphatic heterocycles. The topological polar surface area (TPSA) is 58.1 Å². The first-order chi connectivity index (χ1) is 13.6. The summed E-state index contributed by atoms with van der Waals surface area (Å²) in [6.07, 6.45) is 5.35. The van der Waals surface area contributed by atoms with Gasteiger partial charge in [-0.1, -0.05) is 0 Å². The van der Waals surface area contributed by atoms with Gasteiger partial charge >= 0.3 is 6.61 Å². The van der Waals surface area contributed by atoms with Crippen molar-refractivity contribution in [3.05, 3.63) is 23.8 Å². The molecule has 164 valence electrons. The molecule has 9 heteroatoms. The summed E-state index contributed by atoms with van der Waals surface area (Å²) >= 11 is 0. The Hall–Kier alpha value is -1.36. The lowest BCUT2D eigenvalue weighted by atomic mass is 10.2. The highest BCUT2D eigenvalue weighted by Crippen LogP contribution is 2.34. The lowest BCUT2D eigenvalue weighted by Crippen LogP contribution is -2.42. The Morgan fingerprint density at radius 3 is 2.59 bits per heavy atom. The average molecular weight is 524 g/mol. The monoisotopic (exact) mass is 524 g/mol. The van der Waals surface area contributed by atoms with Gasteiger partial charge in [0.2, 0.25) is 0 Å². The summed E-state index contributed by atoms with van der Waals surface area (Å²) in [5, 5.41) is 6.47. The quantitative estimate of drug-likeness (QED) is 0.264. The number of guanidine groups is 1. The molecule has 0 aromatic heterocycles. The van der Waals surface area contributed by atoms with Gasteiger partial charge in [0.25, 0.3) is 0 Å². The van der Waals surface area contributed by atoms with Crippen molar-refractivity contribution in [2.75, 3.05) is 33.8 Å². The minimum Gasteiger partial charge on any atom is -0.497 e. The van der Waals surface area contributed by atoms with E-state index in [1.54, 1.807) is 19.2 Å². The van der Waals surface area contributed by atoms with Gasteiger partial charge in [0, 0.05) is 44.8 Å². The fourth-order valence-corrected chi connectivity index (χ4v) is 3.24. The first-order valence-corrected chi connectivity index (χ1v) is 9.89. The van der Waals surface area contributed by atoms with E-state index in [0.717, 1.165) is 25.0 Å². The van der Waals surface area contributed by atoms with Crippen molar-refractivity contribution in [2.24, 2.45) is 10.9 Å². The van der Waals surface area contributed by atoms with Crippen LogP contribution < -0.4 is 20.1 Å². The molecule has 29 heavy (non-hydrogen) atoms. The van der Waals surface area contributed by atoms with E-state index in [4.69, 9.17) is 4.74 Å². The minimum absolute atomic E-state index is 0. The van der Waals surface area contributed by atoms with E-state index in [9.17, 15) is 8.78 Å². The maximum Gasteiger partial charge on any atom is 0.387 e. The predicted octanol–water partition coefficient (Wildman–Crippen LogP) is 3.45. The molecule has 0 atom stereocenters. The SMILES string of the molecule is CN=C(NCCN(CC1CC1)C1CC1)NCc1cc(OC)ccc1OC(F)F.I. The molecule has 1 aromatic carbocycles. The van der Waals surface area contributed by atoms with Gasteiger partial charge in [-0.15, -0.1) is 24.0 Å². The van der Waals surface area contributed by atoms with Crippen LogP contribution in [0, 0.1) is 5.92 Å². The van der Waals surface area contributed by atoms with Crippen molar-refractivity contribution < 1.29 is 18.3 Å². The Balaban J connectivity index is 0.00000300. The Morgan fingerprint density at radius 1 is 1.24 bits per heavy atom. The third kappa shape index (κ3) is 8.12. The first kappa shape index (κ1) is 23.9. The highest BCUT2D eigenvalue weighted by Gasteiger charge is 2.33. The zero-order valence-electron chi connectivity index (χ0n) is 17.0. The van der Waals surface area contributed by atoms with Crippen LogP contribution in [0.3, 0.4) is 0 Å². The molecular formula is C20H31F2IN4O2. The van der Waals surface area contributed by atoms with Crippen molar-refractivity contribution in [3.63, 3.8) is 0 Å². The number of ether oxygens (including phenoxy) is 2. The van der Waals surface area contributed by atoms with Crippen LogP contribution in [0.2, 0.25) is 0 Å². The maximum absolute atomic E-state index is 12.6. The van der Waals surface area contributed by atoms with Gasteiger partial charge in [-0.25, -0.2) is 0 Å². The molecule has 0 heterocycles. The highest BCUT2D eigenvalue weighted by atomic mass is 127. The number of hydrogen-bond donors (Lipinski definition) is 2. The average Bonchev–Trinajstić information content (AvgIpc) is 3.57. The third-order valence-corrected chi connectivity index (χ3v) is 5.10. The molecule has 0 unspecified atom stereocenters. The number of alkyl halides is 2. The van der Waals surface area contributed by atoms with Crippen LogP contribution in [0.4, 0.5) is 8.78 Å². The van der Waals surface area contributed by atoms with E-state index in [-0.39, 0.29) is 29.7 Å². The molecule has 6 nitrogen and oxygen atoms in total. The van der Waals surface area contributed by atoms with Gasteiger partial charge < -0.3 is 20.1 Å².